The van der Waals surface area contributed by atoms with E-state index < -0.39 is 6.10 Å². The normalized spacial score (nSPS) is 12.8. The molecule has 1 aromatic rings. The lowest BCUT2D eigenvalue weighted by molar-refractivity contribution is 0.0429. The van der Waals surface area contributed by atoms with E-state index in [1.165, 1.54) is 11.1 Å². The summed E-state index contributed by atoms with van der Waals surface area (Å²) in [6.45, 7) is 5.07. The maximum atomic E-state index is 9.63. The maximum Gasteiger partial charge on any atom is 0.0813 e. The molecule has 0 bridgehead atoms. The van der Waals surface area contributed by atoms with Crippen molar-refractivity contribution in [3.8, 4) is 0 Å². The number of aliphatic hydroxyl groups excluding tert-OH is 1. The van der Waals surface area contributed by atoms with Crippen LogP contribution < -0.4 is 0 Å². The largest absolute Gasteiger partial charge is 0.390 e. The fourth-order valence-corrected chi connectivity index (χ4v) is 1.41. The van der Waals surface area contributed by atoms with Crippen molar-refractivity contribution in [2.45, 2.75) is 26.4 Å². The molecule has 0 amide bonds. The first-order chi connectivity index (χ1) is 6.74. The number of aryl methyl sites for hydroxylation is 1. The van der Waals surface area contributed by atoms with Crippen LogP contribution in [0, 0.1) is 6.92 Å². The van der Waals surface area contributed by atoms with Crippen molar-refractivity contribution in [1.82, 2.24) is 0 Å². The molecule has 0 heterocycles. The topological polar surface area (TPSA) is 29.5 Å². The van der Waals surface area contributed by atoms with E-state index >= 15 is 0 Å². The Bertz CT molecular complexity index is 271. The fraction of sp³-hybridized carbons (Fsp3) is 0.500. The molecule has 0 aliphatic rings. The average Bonchev–Trinajstić information content (AvgIpc) is 2.18. The summed E-state index contributed by atoms with van der Waals surface area (Å²) < 4.78 is 5.16. The number of rotatable bonds is 5. The number of ether oxygens (including phenoxy) is 1. The molecular formula is C12H18O2. The van der Waals surface area contributed by atoms with Crippen LogP contribution in [0.3, 0.4) is 0 Å². The van der Waals surface area contributed by atoms with Crippen molar-refractivity contribution in [2.24, 2.45) is 0 Å². The first-order valence-electron chi connectivity index (χ1n) is 5.04. The molecule has 1 atom stereocenters. The number of hydrogen-bond acceptors (Lipinski definition) is 2. The van der Waals surface area contributed by atoms with E-state index in [4.69, 9.17) is 4.74 Å². The molecule has 14 heavy (non-hydrogen) atoms. The minimum absolute atomic E-state index is 0.393. The van der Waals surface area contributed by atoms with Gasteiger partial charge in [0.1, 0.15) is 0 Å². The van der Waals surface area contributed by atoms with Crippen molar-refractivity contribution in [1.29, 1.82) is 0 Å². The summed E-state index contributed by atoms with van der Waals surface area (Å²) in [7, 11) is 0. The van der Waals surface area contributed by atoms with Crippen molar-refractivity contribution >= 4 is 0 Å². The highest BCUT2D eigenvalue weighted by molar-refractivity contribution is 5.26. The van der Waals surface area contributed by atoms with Gasteiger partial charge in [-0.15, -0.1) is 0 Å². The first-order valence-corrected chi connectivity index (χ1v) is 5.04. The summed E-state index contributed by atoms with van der Waals surface area (Å²) in [4.78, 5) is 0. The summed E-state index contributed by atoms with van der Waals surface area (Å²) in [6.07, 6.45) is 0.281. The molecule has 0 spiro atoms. The lowest BCUT2D eigenvalue weighted by Crippen LogP contribution is -2.18. The summed E-state index contributed by atoms with van der Waals surface area (Å²) >= 11 is 0. The van der Waals surface area contributed by atoms with Crippen LogP contribution in [0.2, 0.25) is 0 Å². The van der Waals surface area contributed by atoms with Crippen molar-refractivity contribution in [3.63, 3.8) is 0 Å². The molecule has 1 unspecified atom stereocenters. The molecule has 78 valence electrons. The van der Waals surface area contributed by atoms with Crippen LogP contribution >= 0.6 is 0 Å². The molecule has 0 fully saturated rings. The molecular weight excluding hydrogens is 176 g/mol. The van der Waals surface area contributed by atoms with Crippen LogP contribution in [0.1, 0.15) is 18.1 Å². The quantitative estimate of drug-likeness (QED) is 0.776. The third-order valence-electron chi connectivity index (χ3n) is 2.23. The van der Waals surface area contributed by atoms with Crippen LogP contribution in [0.25, 0.3) is 0 Å². The molecule has 1 N–H and O–H groups in total. The van der Waals surface area contributed by atoms with Crippen LogP contribution in [0.5, 0.6) is 0 Å². The number of hydrogen-bond donors (Lipinski definition) is 1. The second-order valence-electron chi connectivity index (χ2n) is 3.44. The number of benzene rings is 1. The van der Waals surface area contributed by atoms with Gasteiger partial charge in [-0.25, -0.2) is 0 Å². The molecule has 2 heteroatoms. The van der Waals surface area contributed by atoms with E-state index in [0.717, 1.165) is 0 Å². The zero-order valence-corrected chi connectivity index (χ0v) is 8.86. The Morgan fingerprint density at radius 2 is 2.07 bits per heavy atom. The predicted octanol–water partition coefficient (Wildman–Crippen LogP) is 1.93. The highest BCUT2D eigenvalue weighted by atomic mass is 16.5. The molecule has 0 saturated carbocycles. The monoisotopic (exact) mass is 194 g/mol. The van der Waals surface area contributed by atoms with Gasteiger partial charge in [-0.3, -0.25) is 0 Å². The highest BCUT2D eigenvalue weighted by Gasteiger charge is 2.06. The summed E-state index contributed by atoms with van der Waals surface area (Å²) in [6, 6.07) is 8.11. The fourth-order valence-electron chi connectivity index (χ4n) is 1.41. The average molecular weight is 194 g/mol. The zero-order chi connectivity index (χ0) is 10.4. The van der Waals surface area contributed by atoms with Gasteiger partial charge in [0.05, 0.1) is 12.7 Å². The standard InChI is InChI=1S/C12H18O2/c1-3-14-9-12(13)8-11-7-5-4-6-10(11)2/h4-7,12-13H,3,8-9H2,1-2H3. The van der Waals surface area contributed by atoms with E-state index in [1.54, 1.807) is 0 Å². The van der Waals surface area contributed by atoms with Gasteiger partial charge in [0.2, 0.25) is 0 Å². The van der Waals surface area contributed by atoms with Crippen LogP contribution in [-0.4, -0.2) is 24.4 Å². The third-order valence-corrected chi connectivity index (χ3v) is 2.23. The Morgan fingerprint density at radius 1 is 1.36 bits per heavy atom. The Labute approximate surface area is 85.5 Å². The first kappa shape index (κ1) is 11.2. The molecule has 0 aromatic heterocycles. The highest BCUT2D eigenvalue weighted by Crippen LogP contribution is 2.09. The van der Waals surface area contributed by atoms with Crippen LogP contribution in [-0.2, 0) is 11.2 Å². The van der Waals surface area contributed by atoms with Gasteiger partial charge in [-0.05, 0) is 25.0 Å². The minimum atomic E-state index is -0.393. The van der Waals surface area contributed by atoms with Gasteiger partial charge in [0, 0.05) is 13.0 Å². The SMILES string of the molecule is CCOCC(O)Cc1ccccc1C. The van der Waals surface area contributed by atoms with Gasteiger partial charge >= 0.3 is 0 Å². The molecule has 0 aliphatic carbocycles. The second-order valence-corrected chi connectivity index (χ2v) is 3.44. The van der Waals surface area contributed by atoms with Gasteiger partial charge in [0.25, 0.3) is 0 Å². The number of aliphatic hydroxyl groups is 1. The molecule has 0 aliphatic heterocycles. The Morgan fingerprint density at radius 3 is 2.71 bits per heavy atom. The molecule has 1 aromatic carbocycles. The smallest absolute Gasteiger partial charge is 0.0813 e. The zero-order valence-electron chi connectivity index (χ0n) is 8.86. The molecule has 2 nitrogen and oxygen atoms in total. The van der Waals surface area contributed by atoms with E-state index in [2.05, 4.69) is 13.0 Å². The van der Waals surface area contributed by atoms with Crippen molar-refractivity contribution in [3.05, 3.63) is 35.4 Å². The van der Waals surface area contributed by atoms with E-state index in [-0.39, 0.29) is 0 Å². The van der Waals surface area contributed by atoms with Crippen molar-refractivity contribution in [2.75, 3.05) is 13.2 Å². The van der Waals surface area contributed by atoms with E-state index in [1.807, 2.05) is 25.1 Å². The van der Waals surface area contributed by atoms with Crippen LogP contribution in [0.4, 0.5) is 0 Å². The molecule has 0 saturated heterocycles. The van der Waals surface area contributed by atoms with Gasteiger partial charge in [-0.2, -0.15) is 0 Å². The van der Waals surface area contributed by atoms with Crippen LogP contribution in [0.15, 0.2) is 24.3 Å². The lowest BCUT2D eigenvalue weighted by Gasteiger charge is -2.11. The van der Waals surface area contributed by atoms with Crippen molar-refractivity contribution < 1.29 is 9.84 Å². The molecule has 0 radical (unpaired) electrons. The minimum Gasteiger partial charge on any atom is -0.390 e. The summed E-state index contributed by atoms with van der Waals surface area (Å²) in [5.41, 5.74) is 2.42. The van der Waals surface area contributed by atoms with Gasteiger partial charge in [0.15, 0.2) is 0 Å². The third kappa shape index (κ3) is 3.48. The summed E-state index contributed by atoms with van der Waals surface area (Å²) in [5.74, 6) is 0. The van der Waals surface area contributed by atoms with E-state index in [0.29, 0.717) is 19.6 Å². The Hall–Kier alpha value is -0.860. The van der Waals surface area contributed by atoms with Gasteiger partial charge in [-0.1, -0.05) is 24.3 Å². The Balaban J connectivity index is 2.47. The Kier molecular flexibility index (Phi) is 4.63. The predicted molar refractivity (Wildman–Crippen MR) is 57.4 cm³/mol. The van der Waals surface area contributed by atoms with E-state index in [9.17, 15) is 5.11 Å². The van der Waals surface area contributed by atoms with Gasteiger partial charge < -0.3 is 9.84 Å². The summed E-state index contributed by atoms with van der Waals surface area (Å²) in [5, 5.41) is 9.63. The second kappa shape index (κ2) is 5.78. The lowest BCUT2D eigenvalue weighted by atomic mass is 10.0. The maximum absolute atomic E-state index is 9.63. The molecule has 1 rings (SSSR count).